The molecule has 0 saturated heterocycles. The molecule has 2 rings (SSSR count). The van der Waals surface area contributed by atoms with Crippen LogP contribution in [0.5, 0.6) is 0 Å². The fourth-order valence-electron chi connectivity index (χ4n) is 2.06. The van der Waals surface area contributed by atoms with Gasteiger partial charge in [-0.15, -0.1) is 11.8 Å². The van der Waals surface area contributed by atoms with Gasteiger partial charge in [0.2, 0.25) is 0 Å². The Morgan fingerprint density at radius 3 is 2.33 bits per heavy atom. The van der Waals surface area contributed by atoms with E-state index in [0.717, 1.165) is 13.0 Å². The molecule has 2 aromatic carbocycles. The number of nitrogens with one attached hydrogen (secondary N) is 1. The first-order valence-electron chi connectivity index (χ1n) is 6.28. The predicted molar refractivity (Wildman–Crippen MR) is 81.4 cm³/mol. The van der Waals surface area contributed by atoms with Gasteiger partial charge in [-0.25, -0.2) is 0 Å². The third-order valence-corrected chi connectivity index (χ3v) is 3.87. The zero-order chi connectivity index (χ0) is 12.8. The number of hydrogen-bond donors (Lipinski definition) is 1. The van der Waals surface area contributed by atoms with Crippen molar-refractivity contribution in [3.63, 3.8) is 0 Å². The van der Waals surface area contributed by atoms with Crippen LogP contribution in [0.4, 0.5) is 5.69 Å². The topological polar surface area (TPSA) is 12.0 Å². The zero-order valence-corrected chi connectivity index (χ0v) is 11.8. The summed E-state index contributed by atoms with van der Waals surface area (Å²) in [7, 11) is 0. The van der Waals surface area contributed by atoms with Crippen molar-refractivity contribution in [3.05, 3.63) is 59.7 Å². The Morgan fingerprint density at radius 1 is 0.944 bits per heavy atom. The molecule has 0 bridgehead atoms. The molecule has 0 heterocycles. The molecule has 2 heteroatoms. The molecule has 0 atom stereocenters. The van der Waals surface area contributed by atoms with E-state index in [1.54, 1.807) is 11.8 Å². The highest BCUT2D eigenvalue weighted by Gasteiger charge is 2.02. The molecular formula is C16H19NS. The lowest BCUT2D eigenvalue weighted by atomic mass is 10.1. The first kappa shape index (κ1) is 13.0. The Kier molecular flexibility index (Phi) is 4.71. The maximum Gasteiger partial charge on any atom is 0.0480 e. The molecule has 0 saturated carbocycles. The molecule has 0 aliphatic heterocycles. The van der Waals surface area contributed by atoms with Gasteiger partial charge in [0, 0.05) is 17.1 Å². The molecule has 1 nitrogen and oxygen atoms in total. The van der Waals surface area contributed by atoms with Crippen molar-refractivity contribution in [2.75, 3.05) is 11.6 Å². The summed E-state index contributed by atoms with van der Waals surface area (Å²) in [4.78, 5) is 1.30. The molecule has 2 aromatic rings. The SMILES string of the molecule is CCc1ccccc1CNc1ccccc1SC. The summed E-state index contributed by atoms with van der Waals surface area (Å²) >= 11 is 1.78. The van der Waals surface area contributed by atoms with Crippen molar-refractivity contribution < 1.29 is 0 Å². The van der Waals surface area contributed by atoms with Crippen LogP contribution < -0.4 is 5.32 Å². The molecule has 0 spiro atoms. The Morgan fingerprint density at radius 2 is 1.61 bits per heavy atom. The van der Waals surface area contributed by atoms with Gasteiger partial charge in [-0.05, 0) is 35.9 Å². The number of rotatable bonds is 5. The minimum absolute atomic E-state index is 0.890. The quantitative estimate of drug-likeness (QED) is 0.787. The molecule has 0 unspecified atom stereocenters. The van der Waals surface area contributed by atoms with Gasteiger partial charge in [0.25, 0.3) is 0 Å². The van der Waals surface area contributed by atoms with Crippen molar-refractivity contribution in [2.45, 2.75) is 24.8 Å². The average Bonchev–Trinajstić information content (AvgIpc) is 2.45. The summed E-state index contributed by atoms with van der Waals surface area (Å²) < 4.78 is 0. The molecule has 0 aliphatic rings. The van der Waals surface area contributed by atoms with Crippen molar-refractivity contribution in [3.8, 4) is 0 Å². The van der Waals surface area contributed by atoms with E-state index in [0.29, 0.717) is 0 Å². The maximum absolute atomic E-state index is 3.53. The Bertz CT molecular complexity index is 460. The van der Waals surface area contributed by atoms with E-state index in [4.69, 9.17) is 0 Å². The minimum Gasteiger partial charge on any atom is -0.380 e. The van der Waals surface area contributed by atoms with Crippen LogP contribution in [0.1, 0.15) is 18.1 Å². The molecular weight excluding hydrogens is 238 g/mol. The van der Waals surface area contributed by atoms with Gasteiger partial charge in [-0.2, -0.15) is 0 Å². The summed E-state index contributed by atoms with van der Waals surface area (Å²) in [6.07, 6.45) is 3.20. The Hall–Kier alpha value is -1.41. The zero-order valence-electron chi connectivity index (χ0n) is 10.9. The summed E-state index contributed by atoms with van der Waals surface area (Å²) in [6, 6.07) is 17.1. The largest absolute Gasteiger partial charge is 0.380 e. The Labute approximate surface area is 114 Å². The van der Waals surface area contributed by atoms with E-state index in [9.17, 15) is 0 Å². The van der Waals surface area contributed by atoms with E-state index < -0.39 is 0 Å². The lowest BCUT2D eigenvalue weighted by Crippen LogP contribution is -2.03. The minimum atomic E-state index is 0.890. The summed E-state index contributed by atoms with van der Waals surface area (Å²) in [5.41, 5.74) is 4.03. The number of hydrogen-bond acceptors (Lipinski definition) is 2. The number of thioether (sulfide) groups is 1. The summed E-state index contributed by atoms with van der Waals surface area (Å²) in [6.45, 7) is 3.09. The van der Waals surface area contributed by atoms with Crippen LogP contribution in [0.25, 0.3) is 0 Å². The predicted octanol–water partition coefficient (Wildman–Crippen LogP) is 4.58. The summed E-state index contributed by atoms with van der Waals surface area (Å²) in [5.74, 6) is 0. The number of para-hydroxylation sites is 1. The molecule has 94 valence electrons. The fourth-order valence-corrected chi connectivity index (χ4v) is 2.63. The highest BCUT2D eigenvalue weighted by atomic mass is 32.2. The van der Waals surface area contributed by atoms with Crippen molar-refractivity contribution in [1.82, 2.24) is 0 Å². The van der Waals surface area contributed by atoms with Gasteiger partial charge in [0.1, 0.15) is 0 Å². The molecule has 0 amide bonds. The smallest absolute Gasteiger partial charge is 0.0480 e. The molecule has 0 aromatic heterocycles. The monoisotopic (exact) mass is 257 g/mol. The normalized spacial score (nSPS) is 10.3. The van der Waals surface area contributed by atoms with Gasteiger partial charge in [-0.3, -0.25) is 0 Å². The Balaban J connectivity index is 2.11. The van der Waals surface area contributed by atoms with Crippen molar-refractivity contribution in [2.24, 2.45) is 0 Å². The number of anilines is 1. The van der Waals surface area contributed by atoms with E-state index in [-0.39, 0.29) is 0 Å². The number of aryl methyl sites for hydroxylation is 1. The second-order valence-electron chi connectivity index (χ2n) is 4.18. The van der Waals surface area contributed by atoms with Crippen LogP contribution in [0.15, 0.2) is 53.4 Å². The summed E-state index contributed by atoms with van der Waals surface area (Å²) in [5, 5.41) is 3.53. The van der Waals surface area contributed by atoms with E-state index in [2.05, 4.69) is 67.0 Å². The van der Waals surface area contributed by atoms with Gasteiger partial charge >= 0.3 is 0 Å². The van der Waals surface area contributed by atoms with Crippen LogP contribution in [0, 0.1) is 0 Å². The maximum atomic E-state index is 3.53. The highest BCUT2D eigenvalue weighted by molar-refractivity contribution is 7.98. The first-order valence-corrected chi connectivity index (χ1v) is 7.51. The lowest BCUT2D eigenvalue weighted by Gasteiger charge is -2.12. The molecule has 18 heavy (non-hydrogen) atoms. The van der Waals surface area contributed by atoms with Gasteiger partial charge in [0.15, 0.2) is 0 Å². The molecule has 0 aliphatic carbocycles. The van der Waals surface area contributed by atoms with Gasteiger partial charge in [0.05, 0.1) is 0 Å². The molecule has 1 N–H and O–H groups in total. The van der Waals surface area contributed by atoms with Crippen molar-refractivity contribution in [1.29, 1.82) is 0 Å². The second-order valence-corrected chi connectivity index (χ2v) is 5.02. The third-order valence-electron chi connectivity index (χ3n) is 3.08. The first-order chi connectivity index (χ1) is 8.85. The lowest BCUT2D eigenvalue weighted by molar-refractivity contribution is 1.04. The van der Waals surface area contributed by atoms with E-state index in [1.165, 1.54) is 21.7 Å². The van der Waals surface area contributed by atoms with Crippen LogP contribution in [-0.4, -0.2) is 6.26 Å². The highest BCUT2D eigenvalue weighted by Crippen LogP contribution is 2.25. The van der Waals surface area contributed by atoms with E-state index in [1.807, 2.05) is 0 Å². The van der Waals surface area contributed by atoms with Crippen LogP contribution in [-0.2, 0) is 13.0 Å². The van der Waals surface area contributed by atoms with E-state index >= 15 is 0 Å². The van der Waals surface area contributed by atoms with Gasteiger partial charge < -0.3 is 5.32 Å². The standard InChI is InChI=1S/C16H19NS/c1-3-13-8-4-5-9-14(13)12-17-15-10-6-7-11-16(15)18-2/h4-11,17H,3,12H2,1-2H3. The van der Waals surface area contributed by atoms with Crippen LogP contribution in [0.2, 0.25) is 0 Å². The number of benzene rings is 2. The molecule has 0 fully saturated rings. The fraction of sp³-hybridized carbons (Fsp3) is 0.250. The van der Waals surface area contributed by atoms with Crippen LogP contribution in [0.3, 0.4) is 0 Å². The van der Waals surface area contributed by atoms with Gasteiger partial charge in [-0.1, -0.05) is 43.3 Å². The third kappa shape index (κ3) is 3.08. The average molecular weight is 257 g/mol. The van der Waals surface area contributed by atoms with Crippen LogP contribution >= 0.6 is 11.8 Å². The second kappa shape index (κ2) is 6.50. The van der Waals surface area contributed by atoms with Crippen molar-refractivity contribution >= 4 is 17.4 Å². The molecule has 0 radical (unpaired) electrons.